The Morgan fingerprint density at radius 3 is 2.90 bits per heavy atom. The van der Waals surface area contributed by atoms with Crippen LogP contribution < -0.4 is 4.90 Å². The van der Waals surface area contributed by atoms with Crippen LogP contribution in [0.1, 0.15) is 18.9 Å². The smallest absolute Gasteiger partial charge is 0.289 e. The summed E-state index contributed by atoms with van der Waals surface area (Å²) in [6, 6.07) is 4.72. The highest BCUT2D eigenvalue weighted by molar-refractivity contribution is 6.32. The minimum atomic E-state index is -0.591. The van der Waals surface area contributed by atoms with Crippen LogP contribution >= 0.6 is 11.6 Å². The summed E-state index contributed by atoms with van der Waals surface area (Å²) in [6.07, 6.45) is 1.23. The highest BCUT2D eigenvalue weighted by Crippen LogP contribution is 2.36. The van der Waals surface area contributed by atoms with E-state index >= 15 is 0 Å². The number of fused-ring (bicyclic) bond motifs is 1. The average Bonchev–Trinajstić information content (AvgIpc) is 2.50. The van der Waals surface area contributed by atoms with E-state index in [0.717, 1.165) is 5.56 Å². The van der Waals surface area contributed by atoms with E-state index in [4.69, 9.17) is 16.9 Å². The van der Waals surface area contributed by atoms with Gasteiger partial charge in [0, 0.05) is 12.0 Å². The van der Waals surface area contributed by atoms with Crippen molar-refractivity contribution in [2.24, 2.45) is 5.92 Å². The van der Waals surface area contributed by atoms with E-state index in [1.54, 1.807) is 6.92 Å². The van der Waals surface area contributed by atoms with Gasteiger partial charge < -0.3 is 0 Å². The topological polar surface area (TPSA) is 87.2 Å². The summed E-state index contributed by atoms with van der Waals surface area (Å²) in [4.78, 5) is 23.9. The maximum Gasteiger partial charge on any atom is 0.289 e. The quantitative estimate of drug-likeness (QED) is 0.476. The molecule has 0 aliphatic carbocycles. The fourth-order valence-corrected chi connectivity index (χ4v) is 2.55. The number of nitro benzene ring substituents is 1. The van der Waals surface area contributed by atoms with Gasteiger partial charge in [0.05, 0.1) is 16.7 Å². The van der Waals surface area contributed by atoms with E-state index in [0.29, 0.717) is 18.5 Å². The molecule has 1 atom stereocenters. The number of nitrogens with zero attached hydrogens (tertiary/aromatic N) is 3. The number of hydrogen-bond acceptors (Lipinski definition) is 4. The van der Waals surface area contributed by atoms with Crippen LogP contribution in [0.5, 0.6) is 0 Å². The van der Waals surface area contributed by atoms with E-state index < -0.39 is 4.92 Å². The van der Waals surface area contributed by atoms with Crippen LogP contribution in [0, 0.1) is 27.4 Å². The molecule has 0 fully saturated rings. The molecule has 20 heavy (non-hydrogen) atoms. The van der Waals surface area contributed by atoms with Gasteiger partial charge in [-0.05, 0) is 24.5 Å². The van der Waals surface area contributed by atoms with Crippen LogP contribution in [-0.4, -0.2) is 17.4 Å². The standard InChI is InChI=1S/C13H12ClN3O3/c1-8-2-3-9-6-10(14)12(17(19)20)7-11(9)16(5-4-15)13(8)18/h6-8H,2-3,5H2,1H3. The number of carbonyl (C=O) groups excluding carboxylic acids is 1. The number of halogens is 1. The molecule has 1 aromatic carbocycles. The molecule has 1 unspecified atom stereocenters. The molecular weight excluding hydrogens is 282 g/mol. The second-order valence-corrected chi connectivity index (χ2v) is 5.12. The lowest BCUT2D eigenvalue weighted by Gasteiger charge is -2.21. The van der Waals surface area contributed by atoms with Crippen molar-refractivity contribution in [3.63, 3.8) is 0 Å². The number of aryl methyl sites for hydroxylation is 1. The van der Waals surface area contributed by atoms with Gasteiger partial charge in [-0.25, -0.2) is 0 Å². The normalized spacial score (nSPS) is 18.1. The number of carbonyl (C=O) groups is 1. The number of rotatable bonds is 2. The molecule has 0 bridgehead atoms. The number of nitro groups is 1. The Bertz CT molecular complexity index is 624. The van der Waals surface area contributed by atoms with Crippen molar-refractivity contribution in [3.8, 4) is 6.07 Å². The minimum Gasteiger partial charge on any atom is -0.298 e. The summed E-state index contributed by atoms with van der Waals surface area (Å²) in [6.45, 7) is 1.66. The van der Waals surface area contributed by atoms with Gasteiger partial charge in [-0.3, -0.25) is 19.8 Å². The fraction of sp³-hybridized carbons (Fsp3) is 0.385. The van der Waals surface area contributed by atoms with E-state index in [9.17, 15) is 14.9 Å². The zero-order chi connectivity index (χ0) is 14.9. The molecule has 1 aromatic rings. The molecule has 1 aliphatic heterocycles. The Labute approximate surface area is 120 Å². The maximum absolute atomic E-state index is 12.2. The molecule has 0 radical (unpaired) electrons. The van der Waals surface area contributed by atoms with E-state index in [2.05, 4.69) is 0 Å². The molecule has 2 rings (SSSR count). The molecular formula is C13H12ClN3O3. The number of amides is 1. The summed E-state index contributed by atoms with van der Waals surface area (Å²) in [5.74, 6) is -0.421. The Morgan fingerprint density at radius 1 is 1.60 bits per heavy atom. The number of benzene rings is 1. The van der Waals surface area contributed by atoms with Crippen molar-refractivity contribution >= 4 is 28.9 Å². The van der Waals surface area contributed by atoms with Crippen LogP contribution in [0.2, 0.25) is 5.02 Å². The molecule has 6 nitrogen and oxygen atoms in total. The summed E-state index contributed by atoms with van der Waals surface area (Å²) < 4.78 is 0. The zero-order valence-corrected chi connectivity index (χ0v) is 11.6. The van der Waals surface area contributed by atoms with Crippen molar-refractivity contribution in [3.05, 3.63) is 32.8 Å². The number of nitriles is 1. The van der Waals surface area contributed by atoms with Crippen molar-refractivity contribution in [2.75, 3.05) is 11.4 Å². The maximum atomic E-state index is 12.2. The lowest BCUT2D eigenvalue weighted by molar-refractivity contribution is -0.384. The first-order valence-corrected chi connectivity index (χ1v) is 6.48. The molecule has 0 saturated carbocycles. The third-order valence-electron chi connectivity index (χ3n) is 3.40. The Morgan fingerprint density at radius 2 is 2.30 bits per heavy atom. The largest absolute Gasteiger partial charge is 0.298 e. The van der Waals surface area contributed by atoms with Crippen LogP contribution in [-0.2, 0) is 11.2 Å². The summed E-state index contributed by atoms with van der Waals surface area (Å²) in [5, 5.41) is 19.9. The Hall–Kier alpha value is -2.13. The first kappa shape index (κ1) is 14.3. The van der Waals surface area contributed by atoms with Crippen molar-refractivity contribution in [1.82, 2.24) is 0 Å². The molecule has 0 N–H and O–H groups in total. The highest BCUT2D eigenvalue weighted by Gasteiger charge is 2.30. The lowest BCUT2D eigenvalue weighted by Crippen LogP contribution is -2.34. The van der Waals surface area contributed by atoms with Gasteiger partial charge in [-0.2, -0.15) is 5.26 Å². The number of anilines is 1. The summed E-state index contributed by atoms with van der Waals surface area (Å²) in [5.41, 5.74) is 0.918. The molecule has 1 heterocycles. The molecule has 1 aliphatic rings. The van der Waals surface area contributed by atoms with Crippen LogP contribution in [0.3, 0.4) is 0 Å². The fourth-order valence-electron chi connectivity index (χ4n) is 2.30. The van der Waals surface area contributed by atoms with E-state index in [-0.39, 0.29) is 29.1 Å². The monoisotopic (exact) mass is 293 g/mol. The van der Waals surface area contributed by atoms with Gasteiger partial charge in [0.2, 0.25) is 5.91 Å². The van der Waals surface area contributed by atoms with Crippen molar-refractivity contribution in [2.45, 2.75) is 19.8 Å². The summed E-state index contributed by atoms with van der Waals surface area (Å²) >= 11 is 5.90. The van der Waals surface area contributed by atoms with Gasteiger partial charge in [-0.1, -0.05) is 18.5 Å². The van der Waals surface area contributed by atoms with Gasteiger partial charge in [0.25, 0.3) is 5.69 Å². The van der Waals surface area contributed by atoms with Crippen LogP contribution in [0.25, 0.3) is 0 Å². The van der Waals surface area contributed by atoms with Gasteiger partial charge in [-0.15, -0.1) is 0 Å². The van der Waals surface area contributed by atoms with Gasteiger partial charge in [0.1, 0.15) is 11.6 Å². The Balaban J connectivity index is 2.61. The second kappa shape index (κ2) is 5.47. The van der Waals surface area contributed by atoms with Gasteiger partial charge >= 0.3 is 0 Å². The van der Waals surface area contributed by atoms with Crippen LogP contribution in [0.15, 0.2) is 12.1 Å². The minimum absolute atomic E-state index is 0.0488. The van der Waals surface area contributed by atoms with Crippen LogP contribution in [0.4, 0.5) is 11.4 Å². The molecule has 7 heteroatoms. The SMILES string of the molecule is CC1CCc2cc(Cl)c([N+](=O)[O-])cc2N(CC#N)C1=O. The van der Waals surface area contributed by atoms with Crippen molar-refractivity contribution < 1.29 is 9.72 Å². The molecule has 104 valence electrons. The third-order valence-corrected chi connectivity index (χ3v) is 3.70. The number of hydrogen-bond donors (Lipinski definition) is 0. The van der Waals surface area contributed by atoms with Crippen molar-refractivity contribution in [1.29, 1.82) is 5.26 Å². The zero-order valence-electron chi connectivity index (χ0n) is 10.8. The average molecular weight is 294 g/mol. The molecule has 1 amide bonds. The molecule has 0 spiro atoms. The van der Waals surface area contributed by atoms with E-state index in [1.807, 2.05) is 6.07 Å². The molecule has 0 aromatic heterocycles. The predicted molar refractivity (Wildman–Crippen MR) is 73.6 cm³/mol. The lowest BCUT2D eigenvalue weighted by atomic mass is 10.0. The van der Waals surface area contributed by atoms with Gasteiger partial charge in [0.15, 0.2) is 0 Å². The third kappa shape index (κ3) is 2.45. The van der Waals surface area contributed by atoms with E-state index in [1.165, 1.54) is 17.0 Å². The Kier molecular flexibility index (Phi) is 3.91. The first-order valence-electron chi connectivity index (χ1n) is 6.10. The second-order valence-electron chi connectivity index (χ2n) is 4.71. The molecule has 0 saturated heterocycles. The predicted octanol–water partition coefficient (Wildman–Crippen LogP) is 2.69. The highest BCUT2D eigenvalue weighted by atomic mass is 35.5. The first-order chi connectivity index (χ1) is 9.45. The summed E-state index contributed by atoms with van der Waals surface area (Å²) in [7, 11) is 0.